The zero-order valence-corrected chi connectivity index (χ0v) is 10.8. The summed E-state index contributed by atoms with van der Waals surface area (Å²) in [5, 5.41) is 14.0. The highest BCUT2D eigenvalue weighted by Crippen LogP contribution is 2.13. The summed E-state index contributed by atoms with van der Waals surface area (Å²) >= 11 is 3.24. The molecule has 0 saturated heterocycles. The number of hydrogen-bond donors (Lipinski definition) is 3. The van der Waals surface area contributed by atoms with Crippen LogP contribution in [0.25, 0.3) is 0 Å². The second-order valence-corrected chi connectivity index (χ2v) is 4.36. The molecule has 0 saturated carbocycles. The first-order valence-electron chi connectivity index (χ1n) is 4.92. The van der Waals surface area contributed by atoms with E-state index in [4.69, 9.17) is 10.9 Å². The van der Waals surface area contributed by atoms with E-state index in [1.165, 1.54) is 6.20 Å². The summed E-state index contributed by atoms with van der Waals surface area (Å²) in [5.41, 5.74) is 5.65. The molecule has 92 valence electrons. The van der Waals surface area contributed by atoms with Gasteiger partial charge in [-0.15, -0.1) is 0 Å². The van der Waals surface area contributed by atoms with Crippen LogP contribution >= 0.6 is 15.9 Å². The second-order valence-electron chi connectivity index (χ2n) is 3.50. The van der Waals surface area contributed by atoms with Gasteiger partial charge in [-0.1, -0.05) is 5.16 Å². The normalized spacial score (nSPS) is 13.2. The molecule has 1 heterocycles. The van der Waals surface area contributed by atoms with Crippen molar-refractivity contribution in [1.29, 1.82) is 0 Å². The smallest absolute Gasteiger partial charge is 0.271 e. The maximum Gasteiger partial charge on any atom is 0.271 e. The predicted octanol–water partition coefficient (Wildman–Crippen LogP) is 1.10. The third-order valence-electron chi connectivity index (χ3n) is 1.99. The summed E-state index contributed by atoms with van der Waals surface area (Å²) in [6, 6.07) is 3.21. The minimum atomic E-state index is -0.310. The van der Waals surface area contributed by atoms with Gasteiger partial charge in [-0.2, -0.15) is 0 Å². The van der Waals surface area contributed by atoms with Crippen LogP contribution in [0.2, 0.25) is 0 Å². The van der Waals surface area contributed by atoms with Crippen LogP contribution in [0, 0.1) is 0 Å². The van der Waals surface area contributed by atoms with Crippen LogP contribution in [0.1, 0.15) is 23.8 Å². The van der Waals surface area contributed by atoms with Crippen molar-refractivity contribution in [2.75, 3.05) is 0 Å². The topological polar surface area (TPSA) is 101 Å². The maximum absolute atomic E-state index is 11.8. The number of carbonyl (C=O) groups is 1. The van der Waals surface area contributed by atoms with Gasteiger partial charge in [0.1, 0.15) is 11.5 Å². The predicted molar refractivity (Wildman–Crippen MR) is 66.9 cm³/mol. The van der Waals surface area contributed by atoms with Crippen LogP contribution in [-0.4, -0.2) is 28.0 Å². The number of nitrogens with two attached hydrogens (primary N) is 1. The molecule has 1 aromatic heterocycles. The first-order valence-corrected chi connectivity index (χ1v) is 5.71. The molecule has 0 bridgehead atoms. The van der Waals surface area contributed by atoms with Crippen LogP contribution in [0.3, 0.4) is 0 Å². The van der Waals surface area contributed by atoms with Gasteiger partial charge in [0.05, 0.1) is 0 Å². The number of aromatic nitrogens is 1. The van der Waals surface area contributed by atoms with Gasteiger partial charge in [-0.05, 0) is 35.0 Å². The molecule has 4 N–H and O–H groups in total. The fourth-order valence-electron chi connectivity index (χ4n) is 1.25. The quantitative estimate of drug-likeness (QED) is 0.335. The Bertz CT molecular complexity index is 436. The SMILES string of the molecule is CC(C/C(N)=N/O)NC(=O)c1ncccc1Br. The number of carbonyl (C=O) groups excluding carboxylic acids is 1. The third kappa shape index (κ3) is 4.03. The van der Waals surface area contributed by atoms with Gasteiger partial charge in [0.2, 0.25) is 0 Å². The first-order chi connectivity index (χ1) is 8.04. The number of pyridine rings is 1. The number of halogens is 1. The highest BCUT2D eigenvalue weighted by molar-refractivity contribution is 9.10. The Morgan fingerprint density at radius 1 is 1.76 bits per heavy atom. The molecular formula is C10H13BrN4O2. The van der Waals surface area contributed by atoms with Gasteiger partial charge in [0.15, 0.2) is 0 Å². The highest BCUT2D eigenvalue weighted by atomic mass is 79.9. The lowest BCUT2D eigenvalue weighted by atomic mass is 10.2. The minimum absolute atomic E-state index is 0.0675. The lowest BCUT2D eigenvalue weighted by Crippen LogP contribution is -2.36. The molecule has 1 unspecified atom stereocenters. The minimum Gasteiger partial charge on any atom is -0.409 e. The second kappa shape index (κ2) is 6.19. The average Bonchev–Trinajstić information content (AvgIpc) is 2.29. The van der Waals surface area contributed by atoms with Crippen molar-refractivity contribution in [3.63, 3.8) is 0 Å². The Kier molecular flexibility index (Phi) is 4.89. The molecular weight excluding hydrogens is 288 g/mol. The zero-order chi connectivity index (χ0) is 12.8. The summed E-state index contributed by atoms with van der Waals surface area (Å²) in [6.45, 7) is 1.76. The van der Waals surface area contributed by atoms with Gasteiger partial charge in [-0.25, -0.2) is 4.98 Å². The molecule has 0 aromatic carbocycles. The summed E-state index contributed by atoms with van der Waals surface area (Å²) < 4.78 is 0.619. The largest absolute Gasteiger partial charge is 0.409 e. The monoisotopic (exact) mass is 300 g/mol. The van der Waals surface area contributed by atoms with Gasteiger partial charge < -0.3 is 16.3 Å². The molecule has 1 rings (SSSR count). The van der Waals surface area contributed by atoms with E-state index in [2.05, 4.69) is 31.4 Å². The number of oxime groups is 1. The van der Waals surface area contributed by atoms with Crippen LogP contribution in [0.5, 0.6) is 0 Å². The van der Waals surface area contributed by atoms with E-state index in [0.717, 1.165) is 0 Å². The van der Waals surface area contributed by atoms with Crippen molar-refractivity contribution < 1.29 is 10.0 Å². The summed E-state index contributed by atoms with van der Waals surface area (Å²) in [7, 11) is 0. The Hall–Kier alpha value is -1.63. The molecule has 6 nitrogen and oxygen atoms in total. The van der Waals surface area contributed by atoms with E-state index in [9.17, 15) is 4.79 Å². The van der Waals surface area contributed by atoms with Crippen molar-refractivity contribution >= 4 is 27.7 Å². The number of amides is 1. The summed E-state index contributed by atoms with van der Waals surface area (Å²) in [4.78, 5) is 15.8. The Morgan fingerprint density at radius 2 is 2.47 bits per heavy atom. The Morgan fingerprint density at radius 3 is 3.06 bits per heavy atom. The van der Waals surface area contributed by atoms with E-state index in [-0.39, 0.29) is 24.2 Å². The molecule has 0 fully saturated rings. The average molecular weight is 301 g/mol. The molecule has 0 radical (unpaired) electrons. The Labute approximate surface area is 107 Å². The molecule has 0 spiro atoms. The summed E-state index contributed by atoms with van der Waals surface area (Å²) in [6.07, 6.45) is 1.81. The number of amidine groups is 1. The van der Waals surface area contributed by atoms with Gasteiger partial charge in [-0.3, -0.25) is 4.79 Å². The van der Waals surface area contributed by atoms with E-state index in [1.54, 1.807) is 19.1 Å². The van der Waals surface area contributed by atoms with Crippen molar-refractivity contribution in [3.05, 3.63) is 28.5 Å². The van der Waals surface area contributed by atoms with E-state index >= 15 is 0 Å². The van der Waals surface area contributed by atoms with E-state index in [1.807, 2.05) is 0 Å². The third-order valence-corrected chi connectivity index (χ3v) is 2.63. The van der Waals surface area contributed by atoms with Crippen molar-refractivity contribution in [2.24, 2.45) is 10.9 Å². The highest BCUT2D eigenvalue weighted by Gasteiger charge is 2.14. The standard InChI is InChI=1S/C10H13BrN4O2/c1-6(5-8(12)15-17)14-10(16)9-7(11)3-2-4-13-9/h2-4,6,17H,5H2,1H3,(H2,12,15)(H,14,16). The fraction of sp³-hybridized carbons (Fsp3) is 0.300. The number of nitrogens with one attached hydrogen (secondary N) is 1. The molecule has 0 aliphatic carbocycles. The van der Waals surface area contributed by atoms with E-state index in [0.29, 0.717) is 10.2 Å². The van der Waals surface area contributed by atoms with Crippen LogP contribution < -0.4 is 11.1 Å². The lowest BCUT2D eigenvalue weighted by molar-refractivity contribution is 0.0935. The molecule has 0 aliphatic rings. The molecule has 1 amide bonds. The fourth-order valence-corrected chi connectivity index (χ4v) is 1.69. The van der Waals surface area contributed by atoms with Crippen LogP contribution in [0.15, 0.2) is 28.0 Å². The van der Waals surface area contributed by atoms with Crippen LogP contribution in [0.4, 0.5) is 0 Å². The summed E-state index contributed by atoms with van der Waals surface area (Å²) in [5.74, 6) is -0.242. The molecule has 1 atom stereocenters. The number of hydrogen-bond acceptors (Lipinski definition) is 4. The van der Waals surface area contributed by atoms with Crippen molar-refractivity contribution in [3.8, 4) is 0 Å². The Balaban J connectivity index is 2.64. The van der Waals surface area contributed by atoms with Gasteiger partial charge in [0, 0.05) is 23.1 Å². The zero-order valence-electron chi connectivity index (χ0n) is 9.22. The first kappa shape index (κ1) is 13.4. The van der Waals surface area contributed by atoms with E-state index < -0.39 is 0 Å². The van der Waals surface area contributed by atoms with Crippen molar-refractivity contribution in [2.45, 2.75) is 19.4 Å². The lowest BCUT2D eigenvalue weighted by Gasteiger charge is -2.12. The molecule has 1 aromatic rings. The van der Waals surface area contributed by atoms with Crippen LogP contribution in [-0.2, 0) is 0 Å². The molecule has 17 heavy (non-hydrogen) atoms. The molecule has 7 heteroatoms. The van der Waals surface area contributed by atoms with Gasteiger partial charge in [0.25, 0.3) is 5.91 Å². The number of nitrogens with zero attached hydrogens (tertiary/aromatic N) is 2. The molecule has 0 aliphatic heterocycles. The number of rotatable bonds is 4. The van der Waals surface area contributed by atoms with Crippen molar-refractivity contribution in [1.82, 2.24) is 10.3 Å². The van der Waals surface area contributed by atoms with Gasteiger partial charge >= 0.3 is 0 Å². The maximum atomic E-state index is 11.8.